The molecule has 2 saturated heterocycles. The molecule has 0 saturated carbocycles. The van der Waals surface area contributed by atoms with Crippen LogP contribution in [0.4, 0.5) is 21.2 Å². The third-order valence-electron chi connectivity index (χ3n) is 13.3. The summed E-state index contributed by atoms with van der Waals surface area (Å²) in [4.78, 5) is 83.9. The van der Waals surface area contributed by atoms with E-state index in [9.17, 15) is 14.4 Å². The van der Waals surface area contributed by atoms with Gasteiger partial charge in [-0.05, 0) is 85.8 Å². The molecule has 416 valence electrons. The zero-order chi connectivity index (χ0) is 55.6. The Labute approximate surface area is 475 Å². The summed E-state index contributed by atoms with van der Waals surface area (Å²) in [7, 11) is 0. The van der Waals surface area contributed by atoms with E-state index in [0.717, 1.165) is 76.8 Å². The Morgan fingerprint density at radius 3 is 1.74 bits per heavy atom. The van der Waals surface area contributed by atoms with Crippen molar-refractivity contribution in [3.8, 4) is 11.5 Å². The van der Waals surface area contributed by atoms with E-state index in [0.29, 0.717) is 53.9 Å². The van der Waals surface area contributed by atoms with Crippen LogP contribution in [0.25, 0.3) is 33.4 Å². The standard InChI is InChI=1S/C20H21N7O.C14H17N5.C11H9N3O2.C7H5ClO2.C4H5N3.ClH/c1-13-4-7-26(18(28)8-14-2-5-21-12-25-14)11-16(13)20-24-10-15-9-23-19-17(27(15)20)3-6-22-19;1-9-2-4-15-8-11(9)14-18-7-10-6-17-13-12(19(10)14)3-5-16-13;15-11(14-10-6-7-12-8-13-10)16-9-4-2-1-3-5-9;8-7(9)10-6-4-2-1-3-5-6;5-4-1-2-6-3-7-4;/h2-3,5-6,9-10,12-13,16,22H,4,7-8,11H2,1H3;3,5-7,9,11,15-16H,2,4,8H2,1H3;1-8H,(H,12,13,14,15);1-5H;1-3H,(H2,5,6,7);1H/t13-,16?;9-,11+;;;;/m11..../s1. The Hall–Kier alpha value is -9.45. The molecule has 1 unspecified atom stereocenters. The second-order valence-corrected chi connectivity index (χ2v) is 18.9. The van der Waals surface area contributed by atoms with E-state index in [4.69, 9.17) is 27.1 Å². The largest absolute Gasteiger partial charge is 0.418 e. The van der Waals surface area contributed by atoms with E-state index in [-0.39, 0.29) is 24.2 Å². The highest BCUT2D eigenvalue weighted by Gasteiger charge is 2.33. The summed E-state index contributed by atoms with van der Waals surface area (Å²) in [6, 6.07) is 26.5. The lowest BCUT2D eigenvalue weighted by Crippen LogP contribution is -2.43. The molecule has 9 aromatic heterocycles. The Kier molecular flexibility index (Phi) is 20.3. The van der Waals surface area contributed by atoms with Crippen molar-refractivity contribution in [1.82, 2.24) is 78.8 Å². The third kappa shape index (κ3) is 15.4. The minimum Gasteiger partial charge on any atom is -0.415 e. The van der Waals surface area contributed by atoms with E-state index in [1.807, 2.05) is 60.3 Å². The highest BCUT2D eigenvalue weighted by molar-refractivity contribution is 6.61. The maximum absolute atomic E-state index is 12.8. The fourth-order valence-corrected chi connectivity index (χ4v) is 9.24. The van der Waals surface area contributed by atoms with Crippen LogP contribution in [-0.4, -0.2) is 117 Å². The van der Waals surface area contributed by atoms with Crippen LogP contribution in [0.2, 0.25) is 0 Å². The zero-order valence-electron chi connectivity index (χ0n) is 44.1. The summed E-state index contributed by atoms with van der Waals surface area (Å²) in [6.07, 6.45) is 22.3. The topological polar surface area (TPSA) is 292 Å². The van der Waals surface area contributed by atoms with Crippen LogP contribution in [-0.2, 0) is 11.2 Å². The van der Waals surface area contributed by atoms with E-state index in [1.54, 1.807) is 79.1 Å². The van der Waals surface area contributed by atoms with Crippen LogP contribution in [0.3, 0.4) is 0 Å². The minimum absolute atomic E-state index is 0. The summed E-state index contributed by atoms with van der Waals surface area (Å²) < 4.78 is 14.0. The Morgan fingerprint density at radius 1 is 0.654 bits per heavy atom. The third-order valence-corrected chi connectivity index (χ3v) is 13.3. The van der Waals surface area contributed by atoms with Crippen molar-refractivity contribution in [1.29, 1.82) is 0 Å². The van der Waals surface area contributed by atoms with Gasteiger partial charge >= 0.3 is 11.5 Å². The Morgan fingerprint density at radius 2 is 1.21 bits per heavy atom. The number of H-pyrrole nitrogens is 2. The Balaban J connectivity index is 0.000000142. The number of nitrogens with two attached hydrogens (primary N) is 1. The molecule has 0 spiro atoms. The molecule has 25 heteroatoms. The SMILES string of the molecule is C[C@@H]1CCN(C(=O)Cc2ccncn2)CC1c1ncc2cnc3[nH]ccc3n12.C[C@@H]1CCNC[C@@H]1c1ncc2cnc3[nH]ccc3n12.Cl.Nc1ccncn1.O=C(Cl)Oc1ccccc1.O=C(Nc1ccncn1)Oc1ccccc1. The van der Waals surface area contributed by atoms with Crippen molar-refractivity contribution in [2.75, 3.05) is 37.2 Å². The quantitative estimate of drug-likeness (QED) is 0.0929. The maximum atomic E-state index is 12.8. The summed E-state index contributed by atoms with van der Waals surface area (Å²) in [5.41, 5.74) is 11.1. The highest BCUT2D eigenvalue weighted by Crippen LogP contribution is 2.34. The molecule has 4 atom stereocenters. The molecule has 13 rings (SSSR count). The van der Waals surface area contributed by atoms with Gasteiger partial charge in [0.2, 0.25) is 5.91 Å². The van der Waals surface area contributed by atoms with Gasteiger partial charge in [0.15, 0.2) is 11.3 Å². The molecule has 11 aromatic rings. The number of hydrogen-bond donors (Lipinski definition) is 5. The molecule has 0 aliphatic carbocycles. The first-order valence-corrected chi connectivity index (χ1v) is 26.0. The first-order chi connectivity index (χ1) is 39.1. The summed E-state index contributed by atoms with van der Waals surface area (Å²) in [5.74, 6) is 5.84. The number of likely N-dealkylation sites (tertiary alicyclic amines) is 1. The number of carbonyl (C=O) groups is 3. The lowest BCUT2D eigenvalue weighted by atomic mass is 9.86. The van der Waals surface area contributed by atoms with Crippen LogP contribution in [0.5, 0.6) is 11.5 Å². The number of nitrogens with one attached hydrogen (secondary N) is 4. The van der Waals surface area contributed by atoms with Gasteiger partial charge in [0, 0.05) is 74.1 Å². The van der Waals surface area contributed by atoms with Gasteiger partial charge < -0.3 is 35.4 Å². The van der Waals surface area contributed by atoms with Crippen molar-refractivity contribution in [2.24, 2.45) is 11.8 Å². The number of rotatable bonds is 7. The van der Waals surface area contributed by atoms with Gasteiger partial charge in [-0.25, -0.2) is 59.4 Å². The van der Waals surface area contributed by atoms with Crippen molar-refractivity contribution >= 4 is 86.4 Å². The average molecular weight is 1130 g/mol. The molecule has 2 amide bonds. The van der Waals surface area contributed by atoms with Gasteiger partial charge in [-0.15, -0.1) is 12.4 Å². The van der Waals surface area contributed by atoms with Crippen molar-refractivity contribution in [3.63, 3.8) is 0 Å². The normalized spacial score (nSPS) is 16.4. The zero-order valence-corrected chi connectivity index (χ0v) is 45.6. The van der Waals surface area contributed by atoms with Crippen LogP contribution < -0.4 is 25.8 Å². The van der Waals surface area contributed by atoms with E-state index in [2.05, 4.69) is 98.9 Å². The Bertz CT molecular complexity index is 3680. The first kappa shape index (κ1) is 57.7. The number of amides is 2. The lowest BCUT2D eigenvalue weighted by Gasteiger charge is -2.36. The van der Waals surface area contributed by atoms with E-state index >= 15 is 0 Å². The molecule has 0 radical (unpaired) electrons. The summed E-state index contributed by atoms with van der Waals surface area (Å²) in [6.45, 7) is 8.12. The van der Waals surface area contributed by atoms with Gasteiger partial charge in [0.1, 0.15) is 53.8 Å². The van der Waals surface area contributed by atoms with Crippen LogP contribution in [0.15, 0.2) is 166 Å². The van der Waals surface area contributed by atoms with E-state index < -0.39 is 11.5 Å². The number of ether oxygens (including phenoxy) is 2. The monoisotopic (exact) mass is 1130 g/mol. The molecular formula is C56H58Cl2N18O5. The number of piperidine rings is 2. The van der Waals surface area contributed by atoms with Gasteiger partial charge in [-0.3, -0.25) is 18.9 Å². The number of anilines is 2. The number of halogens is 2. The van der Waals surface area contributed by atoms with Crippen molar-refractivity contribution < 1.29 is 23.9 Å². The molecule has 6 N–H and O–H groups in total. The number of nitrogen functional groups attached to an aromatic ring is 1. The van der Waals surface area contributed by atoms with Crippen molar-refractivity contribution in [2.45, 2.75) is 44.9 Å². The van der Waals surface area contributed by atoms with Gasteiger partial charge in [0.05, 0.1) is 59.0 Å². The average Bonchev–Trinajstić information content (AvgIpc) is 4.46. The van der Waals surface area contributed by atoms with Crippen LogP contribution in [0.1, 0.15) is 55.9 Å². The molecule has 2 aliphatic rings. The predicted octanol–water partition coefficient (Wildman–Crippen LogP) is 9.11. The predicted molar refractivity (Wildman–Crippen MR) is 308 cm³/mol. The number of imidazole rings is 2. The van der Waals surface area contributed by atoms with E-state index in [1.165, 1.54) is 31.6 Å². The number of nitrogens with zero attached hydrogens (tertiary/aromatic N) is 13. The fraction of sp³-hybridized carbons (Fsp3) is 0.232. The smallest absolute Gasteiger partial charge is 0.415 e. The summed E-state index contributed by atoms with van der Waals surface area (Å²) in [5, 5.41) is 5.96. The molecule has 2 fully saturated rings. The molecule has 81 heavy (non-hydrogen) atoms. The number of carbonyl (C=O) groups excluding carboxylic acids is 3. The molecule has 23 nitrogen and oxygen atoms in total. The molecule has 11 heterocycles. The minimum atomic E-state index is -0.814. The second kappa shape index (κ2) is 28.4. The van der Waals surface area contributed by atoms with Crippen LogP contribution >= 0.6 is 24.0 Å². The lowest BCUT2D eigenvalue weighted by molar-refractivity contribution is -0.132. The van der Waals surface area contributed by atoms with Crippen molar-refractivity contribution in [3.05, 3.63) is 183 Å². The first-order valence-electron chi connectivity index (χ1n) is 25.6. The molecule has 2 aromatic carbocycles. The maximum Gasteiger partial charge on any atom is 0.418 e. The van der Waals surface area contributed by atoms with Gasteiger partial charge in [-0.1, -0.05) is 50.2 Å². The molecule has 0 bridgehead atoms. The number of para-hydroxylation sites is 2. The highest BCUT2D eigenvalue weighted by atomic mass is 35.5. The number of benzene rings is 2. The van der Waals surface area contributed by atoms with Gasteiger partial charge in [-0.2, -0.15) is 0 Å². The van der Waals surface area contributed by atoms with Crippen LogP contribution in [0, 0.1) is 11.8 Å². The summed E-state index contributed by atoms with van der Waals surface area (Å²) >= 11 is 4.95. The number of aromatic amines is 2. The second-order valence-electron chi connectivity index (χ2n) is 18.6. The number of aromatic nitrogens is 14. The molecule has 2 aliphatic heterocycles. The van der Waals surface area contributed by atoms with Gasteiger partial charge in [0.25, 0.3) is 0 Å². The number of fused-ring (bicyclic) bond motifs is 6. The molecular weight excluding hydrogens is 1080 g/mol. The number of hydrogen-bond acceptors (Lipinski definition) is 17. The fourth-order valence-electron chi connectivity index (χ4n) is 9.15.